The van der Waals surface area contributed by atoms with Gasteiger partial charge in [0.25, 0.3) is 0 Å². The Morgan fingerprint density at radius 2 is 1.94 bits per heavy atom. The zero-order valence-electron chi connectivity index (χ0n) is 8.83. The van der Waals surface area contributed by atoms with E-state index >= 15 is 0 Å². The molecular weight excluding hydrogens is 200 g/mol. The normalized spacial score (nSPS) is 10.8. The van der Waals surface area contributed by atoms with Gasteiger partial charge in [-0.2, -0.15) is 5.10 Å². The molecule has 0 saturated heterocycles. The molecule has 16 heavy (non-hydrogen) atoms. The summed E-state index contributed by atoms with van der Waals surface area (Å²) in [6, 6.07) is 9.97. The number of aromatic nitrogens is 4. The van der Waals surface area contributed by atoms with E-state index in [4.69, 9.17) is 0 Å². The van der Waals surface area contributed by atoms with Crippen molar-refractivity contribution in [3.63, 3.8) is 0 Å². The summed E-state index contributed by atoms with van der Waals surface area (Å²) >= 11 is 0. The van der Waals surface area contributed by atoms with Crippen LogP contribution in [0.25, 0.3) is 16.7 Å². The summed E-state index contributed by atoms with van der Waals surface area (Å²) in [5.41, 5.74) is 2.80. The number of para-hydroxylation sites is 1. The summed E-state index contributed by atoms with van der Waals surface area (Å²) in [6.45, 7) is 1.96. The van der Waals surface area contributed by atoms with Crippen LogP contribution in [0.5, 0.6) is 0 Å². The first-order valence-electron chi connectivity index (χ1n) is 5.07. The molecule has 2 heterocycles. The van der Waals surface area contributed by atoms with Crippen LogP contribution in [0.4, 0.5) is 0 Å². The Hall–Kier alpha value is -2.23. The van der Waals surface area contributed by atoms with E-state index < -0.39 is 0 Å². The highest BCUT2D eigenvalue weighted by atomic mass is 15.3. The Kier molecular flexibility index (Phi) is 1.93. The monoisotopic (exact) mass is 210 g/mol. The summed E-state index contributed by atoms with van der Waals surface area (Å²) in [6.07, 6.45) is 3.34. The van der Waals surface area contributed by atoms with Crippen molar-refractivity contribution in [3.05, 3.63) is 48.5 Å². The maximum Gasteiger partial charge on any atom is 0.166 e. The van der Waals surface area contributed by atoms with Gasteiger partial charge in [-0.05, 0) is 19.1 Å². The number of hydrogen-bond acceptors (Lipinski definition) is 3. The summed E-state index contributed by atoms with van der Waals surface area (Å²) in [7, 11) is 0. The molecule has 4 heteroatoms. The molecule has 0 fully saturated rings. The van der Waals surface area contributed by atoms with E-state index in [1.54, 1.807) is 12.5 Å². The van der Waals surface area contributed by atoms with Gasteiger partial charge in [0.05, 0.1) is 16.8 Å². The van der Waals surface area contributed by atoms with Crippen LogP contribution in [0.3, 0.4) is 0 Å². The van der Waals surface area contributed by atoms with Gasteiger partial charge in [0.15, 0.2) is 5.65 Å². The van der Waals surface area contributed by atoms with Crippen molar-refractivity contribution >= 4 is 11.0 Å². The average molecular weight is 210 g/mol. The standard InChI is InChI=1S/C12H10N4/c1-9-11-7-13-8-14-12(11)16(15-9)10-5-3-2-4-6-10/h2-8H,1H3. The van der Waals surface area contributed by atoms with Crippen molar-refractivity contribution in [3.8, 4) is 5.69 Å². The number of nitrogens with zero attached hydrogens (tertiary/aromatic N) is 4. The lowest BCUT2D eigenvalue weighted by atomic mass is 10.3. The minimum absolute atomic E-state index is 0.846. The predicted molar refractivity (Wildman–Crippen MR) is 61.4 cm³/mol. The molecule has 0 N–H and O–H groups in total. The van der Waals surface area contributed by atoms with E-state index in [2.05, 4.69) is 15.1 Å². The van der Waals surface area contributed by atoms with E-state index in [0.29, 0.717) is 0 Å². The van der Waals surface area contributed by atoms with Crippen LogP contribution in [0, 0.1) is 6.92 Å². The smallest absolute Gasteiger partial charge is 0.166 e. The van der Waals surface area contributed by atoms with Crippen molar-refractivity contribution < 1.29 is 0 Å². The van der Waals surface area contributed by atoms with E-state index in [9.17, 15) is 0 Å². The third kappa shape index (κ3) is 1.27. The fourth-order valence-corrected chi connectivity index (χ4v) is 1.75. The largest absolute Gasteiger partial charge is 0.244 e. The Bertz CT molecular complexity index is 628. The minimum atomic E-state index is 0.846. The summed E-state index contributed by atoms with van der Waals surface area (Å²) < 4.78 is 1.84. The molecule has 0 atom stereocenters. The van der Waals surface area contributed by atoms with Crippen LogP contribution < -0.4 is 0 Å². The van der Waals surface area contributed by atoms with Crippen LogP contribution >= 0.6 is 0 Å². The van der Waals surface area contributed by atoms with Crippen molar-refractivity contribution in [2.45, 2.75) is 6.92 Å². The lowest BCUT2D eigenvalue weighted by molar-refractivity contribution is 0.876. The number of rotatable bonds is 1. The highest BCUT2D eigenvalue weighted by Crippen LogP contribution is 2.18. The van der Waals surface area contributed by atoms with Gasteiger partial charge in [-0.3, -0.25) is 0 Å². The van der Waals surface area contributed by atoms with Gasteiger partial charge in [0.2, 0.25) is 0 Å². The second-order valence-electron chi connectivity index (χ2n) is 3.59. The topological polar surface area (TPSA) is 43.6 Å². The molecule has 78 valence electrons. The Morgan fingerprint density at radius 1 is 1.12 bits per heavy atom. The fraction of sp³-hybridized carbons (Fsp3) is 0.0833. The molecule has 0 spiro atoms. The van der Waals surface area contributed by atoms with E-state index in [-0.39, 0.29) is 0 Å². The van der Waals surface area contributed by atoms with Gasteiger partial charge in [-0.1, -0.05) is 18.2 Å². The van der Waals surface area contributed by atoms with Gasteiger partial charge in [0.1, 0.15) is 6.33 Å². The number of hydrogen-bond donors (Lipinski definition) is 0. The maximum absolute atomic E-state index is 4.47. The van der Waals surface area contributed by atoms with Crippen molar-refractivity contribution in [1.29, 1.82) is 0 Å². The lowest BCUT2D eigenvalue weighted by Gasteiger charge is -2.00. The van der Waals surface area contributed by atoms with Crippen LogP contribution in [-0.4, -0.2) is 19.7 Å². The van der Waals surface area contributed by atoms with Gasteiger partial charge >= 0.3 is 0 Å². The van der Waals surface area contributed by atoms with Gasteiger partial charge in [0, 0.05) is 6.20 Å². The Morgan fingerprint density at radius 3 is 2.75 bits per heavy atom. The van der Waals surface area contributed by atoms with Crippen LogP contribution in [0.1, 0.15) is 5.69 Å². The highest BCUT2D eigenvalue weighted by molar-refractivity contribution is 5.78. The number of fused-ring (bicyclic) bond motifs is 1. The zero-order chi connectivity index (χ0) is 11.0. The van der Waals surface area contributed by atoms with Crippen LogP contribution in [0.2, 0.25) is 0 Å². The molecule has 0 aliphatic rings. The highest BCUT2D eigenvalue weighted by Gasteiger charge is 2.08. The van der Waals surface area contributed by atoms with Crippen molar-refractivity contribution in [2.24, 2.45) is 0 Å². The van der Waals surface area contributed by atoms with Gasteiger partial charge < -0.3 is 0 Å². The second kappa shape index (κ2) is 3.41. The van der Waals surface area contributed by atoms with E-state index in [0.717, 1.165) is 22.4 Å². The van der Waals surface area contributed by atoms with Crippen LogP contribution in [0.15, 0.2) is 42.9 Å². The molecule has 0 unspecified atom stereocenters. The molecule has 1 aromatic carbocycles. The molecule has 0 aliphatic heterocycles. The van der Waals surface area contributed by atoms with Crippen molar-refractivity contribution in [1.82, 2.24) is 19.7 Å². The minimum Gasteiger partial charge on any atom is -0.244 e. The quantitative estimate of drug-likeness (QED) is 0.618. The zero-order valence-corrected chi connectivity index (χ0v) is 8.83. The molecule has 0 aliphatic carbocycles. The fourth-order valence-electron chi connectivity index (χ4n) is 1.75. The van der Waals surface area contributed by atoms with Gasteiger partial charge in [-0.25, -0.2) is 14.6 Å². The molecular formula is C12H10N4. The molecule has 3 rings (SSSR count). The predicted octanol–water partition coefficient (Wildman–Crippen LogP) is 2.12. The van der Waals surface area contributed by atoms with Crippen LogP contribution in [-0.2, 0) is 0 Å². The molecule has 0 radical (unpaired) electrons. The molecule has 0 amide bonds. The third-order valence-corrected chi connectivity index (χ3v) is 2.53. The Labute approximate surface area is 92.6 Å². The molecule has 0 bridgehead atoms. The average Bonchev–Trinajstić information content (AvgIpc) is 2.69. The second-order valence-corrected chi connectivity index (χ2v) is 3.59. The summed E-state index contributed by atoms with van der Waals surface area (Å²) in [5, 5.41) is 5.47. The first-order valence-corrected chi connectivity index (χ1v) is 5.07. The number of aryl methyl sites for hydroxylation is 1. The molecule has 0 saturated carbocycles. The van der Waals surface area contributed by atoms with Gasteiger partial charge in [-0.15, -0.1) is 0 Å². The molecule has 2 aromatic heterocycles. The SMILES string of the molecule is Cc1nn(-c2ccccc2)c2ncncc12. The Balaban J connectivity index is 2.33. The summed E-state index contributed by atoms with van der Waals surface area (Å²) in [5.74, 6) is 0. The third-order valence-electron chi connectivity index (χ3n) is 2.53. The number of benzene rings is 1. The maximum atomic E-state index is 4.47. The first-order chi connectivity index (χ1) is 7.86. The molecule has 4 nitrogen and oxygen atoms in total. The van der Waals surface area contributed by atoms with Crippen molar-refractivity contribution in [2.75, 3.05) is 0 Å². The first kappa shape index (κ1) is 9.03. The van der Waals surface area contributed by atoms with E-state index in [1.807, 2.05) is 41.9 Å². The van der Waals surface area contributed by atoms with E-state index in [1.165, 1.54) is 0 Å². The lowest BCUT2D eigenvalue weighted by Crippen LogP contribution is -1.97. The summed E-state index contributed by atoms with van der Waals surface area (Å²) in [4.78, 5) is 8.28. The molecule has 3 aromatic rings.